The second kappa shape index (κ2) is 9.11. The average molecular weight is 474 g/mol. The molecule has 1 saturated carbocycles. The van der Waals surface area contributed by atoms with E-state index in [4.69, 9.17) is 0 Å². The number of hydrogen-bond acceptors (Lipinski definition) is 5. The molecular weight excluding hydrogens is 447 g/mol. The smallest absolute Gasteiger partial charge is 0.317 e. The summed E-state index contributed by atoms with van der Waals surface area (Å²) in [6.07, 6.45) is 5.37. The minimum Gasteiger partial charge on any atom is -0.365 e. The van der Waals surface area contributed by atoms with E-state index in [1.54, 1.807) is 6.20 Å². The molecule has 1 aliphatic heterocycles. The van der Waals surface area contributed by atoms with Crippen molar-refractivity contribution in [1.82, 2.24) is 30.2 Å². The van der Waals surface area contributed by atoms with Gasteiger partial charge in [0.1, 0.15) is 17.6 Å². The molecule has 2 fully saturated rings. The van der Waals surface area contributed by atoms with E-state index in [-0.39, 0.29) is 42.2 Å². The summed E-state index contributed by atoms with van der Waals surface area (Å²) >= 11 is 0. The van der Waals surface area contributed by atoms with Crippen molar-refractivity contribution in [2.24, 2.45) is 5.92 Å². The first kappa shape index (κ1) is 22.4. The summed E-state index contributed by atoms with van der Waals surface area (Å²) in [5, 5.41) is 6.68. The average Bonchev–Trinajstić information content (AvgIpc) is 3.41. The summed E-state index contributed by atoms with van der Waals surface area (Å²) in [6, 6.07) is 0.837. The number of nitrogens with zero attached hydrogens (tertiary/aromatic N) is 4. The number of carbonyl (C=O) groups is 1. The van der Waals surface area contributed by atoms with Crippen LogP contribution in [-0.2, 0) is 0 Å². The number of likely N-dealkylation sites (tertiary alicyclic amines) is 1. The van der Waals surface area contributed by atoms with E-state index in [0.29, 0.717) is 36.0 Å². The van der Waals surface area contributed by atoms with Gasteiger partial charge in [-0.1, -0.05) is 6.92 Å². The predicted octanol–water partition coefficient (Wildman–Crippen LogP) is 4.02. The molecule has 34 heavy (non-hydrogen) atoms. The van der Waals surface area contributed by atoms with Crippen molar-refractivity contribution in [1.29, 1.82) is 0 Å². The normalized spacial score (nSPS) is 25.0. The summed E-state index contributed by atoms with van der Waals surface area (Å²) < 4.78 is 41.8. The molecule has 8 nitrogen and oxygen atoms in total. The molecule has 1 aliphatic carbocycles. The first-order valence-electron chi connectivity index (χ1n) is 11.5. The van der Waals surface area contributed by atoms with Gasteiger partial charge in [-0.3, -0.25) is 0 Å². The van der Waals surface area contributed by atoms with Crippen LogP contribution in [0.15, 0.2) is 24.7 Å². The molecule has 5 rings (SSSR count). The Labute approximate surface area is 194 Å². The van der Waals surface area contributed by atoms with Gasteiger partial charge in [-0.05, 0) is 37.7 Å². The van der Waals surface area contributed by atoms with Gasteiger partial charge in [0.15, 0.2) is 17.5 Å². The van der Waals surface area contributed by atoms with Crippen LogP contribution in [0.25, 0.3) is 22.4 Å². The molecular formula is C23H26F3N7O. The number of fused-ring (bicyclic) bond motifs is 1. The van der Waals surface area contributed by atoms with E-state index < -0.39 is 17.8 Å². The number of hydrogen-bond donors (Lipinski definition) is 3. The maximum absolute atomic E-state index is 14.6. The van der Waals surface area contributed by atoms with Crippen molar-refractivity contribution >= 4 is 22.9 Å². The highest BCUT2D eigenvalue weighted by atomic mass is 19.1. The van der Waals surface area contributed by atoms with Crippen LogP contribution in [0.2, 0.25) is 0 Å². The lowest BCUT2D eigenvalue weighted by Crippen LogP contribution is -2.48. The predicted molar refractivity (Wildman–Crippen MR) is 121 cm³/mol. The highest BCUT2D eigenvalue weighted by Crippen LogP contribution is 2.30. The number of pyridine rings is 1. The third-order valence-electron chi connectivity index (χ3n) is 6.51. The van der Waals surface area contributed by atoms with Gasteiger partial charge in [0.2, 0.25) is 0 Å². The molecule has 3 aromatic heterocycles. The van der Waals surface area contributed by atoms with E-state index >= 15 is 0 Å². The molecule has 1 saturated heterocycles. The second-order valence-corrected chi connectivity index (χ2v) is 9.27. The largest absolute Gasteiger partial charge is 0.365 e. The van der Waals surface area contributed by atoms with Gasteiger partial charge in [0, 0.05) is 35.8 Å². The van der Waals surface area contributed by atoms with Crippen LogP contribution in [0, 0.1) is 17.6 Å². The van der Waals surface area contributed by atoms with Gasteiger partial charge in [0.05, 0.1) is 18.9 Å². The third-order valence-corrected chi connectivity index (χ3v) is 6.51. The molecule has 2 amide bonds. The number of H-pyrrole nitrogens is 1. The van der Waals surface area contributed by atoms with E-state index in [9.17, 15) is 18.0 Å². The molecule has 0 bridgehead atoms. The van der Waals surface area contributed by atoms with Crippen LogP contribution in [0.5, 0.6) is 0 Å². The van der Waals surface area contributed by atoms with Crippen molar-refractivity contribution in [3.63, 3.8) is 0 Å². The van der Waals surface area contributed by atoms with Crippen molar-refractivity contribution in [2.45, 2.75) is 50.9 Å². The minimum absolute atomic E-state index is 0.0488. The van der Waals surface area contributed by atoms with Crippen molar-refractivity contribution in [3.8, 4) is 11.4 Å². The van der Waals surface area contributed by atoms with Gasteiger partial charge in [-0.15, -0.1) is 0 Å². The number of alkyl halides is 1. The Morgan fingerprint density at radius 1 is 1.18 bits per heavy atom. The number of aromatic nitrogens is 4. The Kier molecular flexibility index (Phi) is 6.01. The van der Waals surface area contributed by atoms with E-state index in [1.165, 1.54) is 11.0 Å². The van der Waals surface area contributed by atoms with Crippen LogP contribution in [0.3, 0.4) is 0 Å². The lowest BCUT2D eigenvalue weighted by molar-refractivity contribution is 0.191. The summed E-state index contributed by atoms with van der Waals surface area (Å²) in [7, 11) is 0. The molecule has 4 atom stereocenters. The first-order chi connectivity index (χ1) is 16.4. The SMILES string of the molecule is C[C@H]1CC(NC(=O)N2CC[C@H](F)C2)CC(Nc2nc(-c3c[nH]c4ncc(F)cc34)ncc2F)C1. The summed E-state index contributed by atoms with van der Waals surface area (Å²) in [4.78, 5) is 29.4. The zero-order valence-electron chi connectivity index (χ0n) is 18.7. The molecule has 2 unspecified atom stereocenters. The molecule has 2 aliphatic rings. The maximum Gasteiger partial charge on any atom is 0.317 e. The van der Waals surface area contributed by atoms with Crippen LogP contribution in [0.4, 0.5) is 23.8 Å². The lowest BCUT2D eigenvalue weighted by Gasteiger charge is -2.35. The van der Waals surface area contributed by atoms with Gasteiger partial charge in [-0.2, -0.15) is 0 Å². The molecule has 0 spiro atoms. The minimum atomic E-state index is -0.968. The third kappa shape index (κ3) is 4.64. The fourth-order valence-corrected chi connectivity index (χ4v) is 4.96. The van der Waals surface area contributed by atoms with Gasteiger partial charge >= 0.3 is 6.03 Å². The van der Waals surface area contributed by atoms with E-state index in [0.717, 1.165) is 25.2 Å². The van der Waals surface area contributed by atoms with E-state index in [1.807, 2.05) is 0 Å². The lowest BCUT2D eigenvalue weighted by atomic mass is 9.83. The van der Waals surface area contributed by atoms with Crippen LogP contribution in [-0.4, -0.2) is 62.2 Å². The Morgan fingerprint density at radius 2 is 2.00 bits per heavy atom. The van der Waals surface area contributed by atoms with Gasteiger partial charge < -0.3 is 20.5 Å². The molecule has 3 aromatic rings. The number of halogens is 3. The number of anilines is 1. The molecule has 0 radical (unpaired) electrons. The Morgan fingerprint density at radius 3 is 2.79 bits per heavy atom. The van der Waals surface area contributed by atoms with Crippen molar-refractivity contribution < 1.29 is 18.0 Å². The van der Waals surface area contributed by atoms with Crippen molar-refractivity contribution in [3.05, 3.63) is 36.3 Å². The summed E-state index contributed by atoms with van der Waals surface area (Å²) in [6.45, 7) is 2.62. The zero-order valence-corrected chi connectivity index (χ0v) is 18.7. The number of amides is 2. The quantitative estimate of drug-likeness (QED) is 0.532. The van der Waals surface area contributed by atoms with Gasteiger partial charge in [-0.25, -0.2) is 32.9 Å². The molecule has 180 valence electrons. The van der Waals surface area contributed by atoms with E-state index in [2.05, 4.69) is 37.5 Å². The molecule has 0 aromatic carbocycles. The number of nitrogens with one attached hydrogen (secondary N) is 3. The summed E-state index contributed by atoms with van der Waals surface area (Å²) in [5.41, 5.74) is 1.000. The number of carbonyl (C=O) groups excluding carboxylic acids is 1. The Hall–Kier alpha value is -3.37. The topological polar surface area (TPSA) is 98.8 Å². The number of urea groups is 1. The van der Waals surface area contributed by atoms with Crippen LogP contribution >= 0.6 is 0 Å². The number of rotatable bonds is 4. The second-order valence-electron chi connectivity index (χ2n) is 9.27. The Balaban J connectivity index is 1.31. The molecule has 3 N–H and O–H groups in total. The van der Waals surface area contributed by atoms with Gasteiger partial charge in [0.25, 0.3) is 0 Å². The van der Waals surface area contributed by atoms with Crippen LogP contribution < -0.4 is 10.6 Å². The monoisotopic (exact) mass is 473 g/mol. The fraction of sp³-hybridized carbons (Fsp3) is 0.478. The summed E-state index contributed by atoms with van der Waals surface area (Å²) in [5.74, 6) is -0.512. The molecule has 11 heteroatoms. The fourth-order valence-electron chi connectivity index (χ4n) is 4.96. The van der Waals surface area contributed by atoms with Crippen LogP contribution in [0.1, 0.15) is 32.6 Å². The zero-order chi connectivity index (χ0) is 23.8. The molecule has 4 heterocycles. The highest BCUT2D eigenvalue weighted by molar-refractivity contribution is 5.91. The number of aromatic amines is 1. The standard InChI is InChI=1S/C23H26F3N7O/c1-12-4-15(7-16(5-12)31-23(34)33-3-2-13(24)11-33)30-22-19(26)10-29-21(32-22)18-9-28-20-17(18)6-14(25)8-27-20/h6,8-10,12-13,15-16H,2-5,7,11H2,1H3,(H,27,28)(H,31,34)(H,29,30,32)/t12-,13+,15?,16?/m1/s1. The Bertz CT molecular complexity index is 1200. The van der Waals surface area contributed by atoms with Crippen molar-refractivity contribution in [2.75, 3.05) is 18.4 Å². The maximum atomic E-state index is 14.6. The highest BCUT2D eigenvalue weighted by Gasteiger charge is 2.32. The first-order valence-corrected chi connectivity index (χ1v) is 11.5.